The van der Waals surface area contributed by atoms with Crippen molar-refractivity contribution in [3.8, 4) is 0 Å². The van der Waals surface area contributed by atoms with Gasteiger partial charge in [0.25, 0.3) is 0 Å². The number of halogens is 3. The number of fused-ring (bicyclic) bond motifs is 1. The lowest BCUT2D eigenvalue weighted by Crippen LogP contribution is -1.79. The number of aryl methyl sites for hydroxylation is 1. The first-order valence-electron chi connectivity index (χ1n) is 3.50. The van der Waals surface area contributed by atoms with E-state index in [0.717, 1.165) is 9.09 Å². The van der Waals surface area contributed by atoms with Crippen molar-refractivity contribution in [2.24, 2.45) is 0 Å². The molecule has 2 aromatic rings. The van der Waals surface area contributed by atoms with Crippen LogP contribution in [0.1, 0.15) is 5.89 Å². The van der Waals surface area contributed by atoms with Gasteiger partial charge in [0.05, 0.1) is 13.6 Å². The zero-order chi connectivity index (χ0) is 9.59. The lowest BCUT2D eigenvalue weighted by molar-refractivity contribution is 0.561. The molecule has 13 heavy (non-hydrogen) atoms. The van der Waals surface area contributed by atoms with Crippen molar-refractivity contribution in [3.63, 3.8) is 0 Å². The van der Waals surface area contributed by atoms with Crippen molar-refractivity contribution < 1.29 is 4.42 Å². The van der Waals surface area contributed by atoms with E-state index in [0.29, 0.717) is 21.5 Å². The predicted molar refractivity (Wildman–Crippen MR) is 61.5 cm³/mol. The molecule has 0 saturated heterocycles. The van der Waals surface area contributed by atoms with Crippen LogP contribution in [0.3, 0.4) is 0 Å². The molecule has 0 saturated carbocycles. The Hall–Kier alpha value is -0.000000000000000167. The number of hydrogen-bond donors (Lipinski definition) is 0. The van der Waals surface area contributed by atoms with Gasteiger partial charge in [-0.3, -0.25) is 0 Å². The maximum Gasteiger partial charge on any atom is 0.192 e. The van der Waals surface area contributed by atoms with Crippen molar-refractivity contribution in [1.82, 2.24) is 4.98 Å². The summed E-state index contributed by atoms with van der Waals surface area (Å²) in [7, 11) is 0. The Bertz CT molecular complexity index is 480. The zero-order valence-electron chi connectivity index (χ0n) is 6.57. The summed E-state index contributed by atoms with van der Waals surface area (Å²) in [6, 6.07) is 1.66. The van der Waals surface area contributed by atoms with Crippen LogP contribution in [0.5, 0.6) is 0 Å². The summed E-state index contributed by atoms with van der Waals surface area (Å²) in [6.45, 7) is 1.78. The first-order chi connectivity index (χ1) is 6.09. The highest BCUT2D eigenvalue weighted by Gasteiger charge is 2.13. The molecule has 0 aliphatic carbocycles. The number of oxazole rings is 1. The Labute approximate surface area is 98.4 Å². The van der Waals surface area contributed by atoms with Gasteiger partial charge in [0.15, 0.2) is 11.5 Å². The first kappa shape index (κ1) is 9.55. The van der Waals surface area contributed by atoms with Crippen molar-refractivity contribution in [3.05, 3.63) is 25.6 Å². The molecule has 68 valence electrons. The van der Waals surface area contributed by atoms with E-state index in [2.05, 4.69) is 27.6 Å². The van der Waals surface area contributed by atoms with E-state index in [1.807, 2.05) is 0 Å². The molecule has 0 atom stereocenters. The molecule has 0 bridgehead atoms. The minimum absolute atomic E-state index is 0.501. The molecule has 0 aliphatic rings. The van der Waals surface area contributed by atoms with Crippen LogP contribution in [0.2, 0.25) is 10.0 Å². The van der Waals surface area contributed by atoms with Gasteiger partial charge in [0, 0.05) is 6.92 Å². The van der Waals surface area contributed by atoms with E-state index in [9.17, 15) is 0 Å². The molecular weight excluding hydrogens is 324 g/mol. The molecule has 1 aromatic carbocycles. The lowest BCUT2D eigenvalue weighted by atomic mass is 10.3. The Morgan fingerprint density at radius 2 is 2.08 bits per heavy atom. The van der Waals surface area contributed by atoms with Crippen molar-refractivity contribution in [2.45, 2.75) is 6.92 Å². The molecule has 5 heteroatoms. The highest BCUT2D eigenvalue weighted by Crippen LogP contribution is 2.33. The fraction of sp³-hybridized carbons (Fsp3) is 0.125. The summed E-state index contributed by atoms with van der Waals surface area (Å²) in [4.78, 5) is 4.19. The maximum atomic E-state index is 5.93. The van der Waals surface area contributed by atoms with Gasteiger partial charge in [0.2, 0.25) is 0 Å². The fourth-order valence-electron chi connectivity index (χ4n) is 1.09. The van der Waals surface area contributed by atoms with E-state index in [1.165, 1.54) is 0 Å². The number of benzene rings is 1. The van der Waals surface area contributed by atoms with Crippen molar-refractivity contribution >= 4 is 56.9 Å². The molecule has 1 heterocycles. The minimum Gasteiger partial charge on any atom is -0.439 e. The molecule has 0 radical (unpaired) electrons. The number of aromatic nitrogens is 1. The molecule has 2 nitrogen and oxygen atoms in total. The van der Waals surface area contributed by atoms with Gasteiger partial charge in [-0.05, 0) is 28.7 Å². The fourth-order valence-corrected chi connectivity index (χ4v) is 2.10. The van der Waals surface area contributed by atoms with Gasteiger partial charge in [-0.15, -0.1) is 0 Å². The van der Waals surface area contributed by atoms with Crippen LogP contribution in [0.15, 0.2) is 10.5 Å². The zero-order valence-corrected chi connectivity index (χ0v) is 10.2. The summed E-state index contributed by atoms with van der Waals surface area (Å²) < 4.78 is 6.20. The standard InChI is InChI=1S/C8H4Cl2INO/c1-3-12-7-6(11)4(9)2-5(10)8(7)13-3/h2H,1H3. The van der Waals surface area contributed by atoms with E-state index in [4.69, 9.17) is 27.6 Å². The second kappa shape index (κ2) is 3.29. The van der Waals surface area contributed by atoms with Crippen LogP contribution in [0.4, 0.5) is 0 Å². The molecule has 0 aliphatic heterocycles. The quantitative estimate of drug-likeness (QED) is 0.539. The third-order valence-electron chi connectivity index (χ3n) is 1.62. The third-order valence-corrected chi connectivity index (χ3v) is 3.61. The van der Waals surface area contributed by atoms with E-state index < -0.39 is 0 Å². The van der Waals surface area contributed by atoms with E-state index in [1.54, 1.807) is 13.0 Å². The molecule has 0 fully saturated rings. The highest BCUT2D eigenvalue weighted by atomic mass is 127. The van der Waals surface area contributed by atoms with Crippen LogP contribution in [-0.4, -0.2) is 4.98 Å². The Kier molecular flexibility index (Phi) is 2.42. The van der Waals surface area contributed by atoms with Crippen molar-refractivity contribution in [2.75, 3.05) is 0 Å². The summed E-state index contributed by atoms with van der Waals surface area (Å²) in [5, 5.41) is 1.10. The Balaban J connectivity index is 2.95. The predicted octanol–water partition coefficient (Wildman–Crippen LogP) is 4.05. The lowest BCUT2D eigenvalue weighted by Gasteiger charge is -1.96. The summed E-state index contributed by atoms with van der Waals surface area (Å²) in [5.41, 5.74) is 1.34. The van der Waals surface area contributed by atoms with Crippen molar-refractivity contribution in [1.29, 1.82) is 0 Å². The van der Waals surface area contributed by atoms with Crippen LogP contribution >= 0.6 is 45.8 Å². The van der Waals surface area contributed by atoms with Gasteiger partial charge in [-0.1, -0.05) is 23.2 Å². The second-order valence-corrected chi connectivity index (χ2v) is 4.46. The largest absolute Gasteiger partial charge is 0.439 e. The van der Waals surface area contributed by atoms with Crippen LogP contribution in [0.25, 0.3) is 11.1 Å². The van der Waals surface area contributed by atoms with E-state index >= 15 is 0 Å². The SMILES string of the molecule is Cc1nc2c(I)c(Cl)cc(Cl)c2o1. The first-order valence-corrected chi connectivity index (χ1v) is 5.33. The number of rotatable bonds is 0. The number of nitrogens with zero attached hydrogens (tertiary/aromatic N) is 1. The molecule has 0 N–H and O–H groups in total. The number of hydrogen-bond acceptors (Lipinski definition) is 2. The summed E-state index contributed by atoms with van der Waals surface area (Å²) in [6.07, 6.45) is 0. The average Bonchev–Trinajstić information content (AvgIpc) is 2.44. The Morgan fingerprint density at radius 1 is 1.38 bits per heavy atom. The molecular formula is C8H4Cl2INO. The van der Waals surface area contributed by atoms with Gasteiger partial charge >= 0.3 is 0 Å². The molecule has 0 spiro atoms. The maximum absolute atomic E-state index is 5.93. The van der Waals surface area contributed by atoms with Crippen LogP contribution in [0, 0.1) is 10.5 Å². The molecule has 2 rings (SSSR count). The minimum atomic E-state index is 0.501. The van der Waals surface area contributed by atoms with Gasteiger partial charge in [0.1, 0.15) is 5.52 Å². The third kappa shape index (κ3) is 1.53. The van der Waals surface area contributed by atoms with E-state index in [-0.39, 0.29) is 0 Å². The monoisotopic (exact) mass is 327 g/mol. The Morgan fingerprint density at radius 3 is 2.77 bits per heavy atom. The van der Waals surface area contributed by atoms with Gasteiger partial charge in [-0.2, -0.15) is 0 Å². The normalized spacial score (nSPS) is 11.1. The van der Waals surface area contributed by atoms with Crippen LogP contribution < -0.4 is 0 Å². The highest BCUT2D eigenvalue weighted by molar-refractivity contribution is 14.1. The molecule has 1 aromatic heterocycles. The smallest absolute Gasteiger partial charge is 0.192 e. The van der Waals surface area contributed by atoms with Crippen LogP contribution in [-0.2, 0) is 0 Å². The summed E-state index contributed by atoms with van der Waals surface area (Å²) in [5.74, 6) is 0.595. The summed E-state index contributed by atoms with van der Waals surface area (Å²) >= 11 is 14.0. The molecule has 0 amide bonds. The topological polar surface area (TPSA) is 26.0 Å². The second-order valence-electron chi connectivity index (χ2n) is 2.56. The van der Waals surface area contributed by atoms with Gasteiger partial charge < -0.3 is 4.42 Å². The van der Waals surface area contributed by atoms with Gasteiger partial charge in [-0.25, -0.2) is 4.98 Å². The molecule has 0 unspecified atom stereocenters. The average molecular weight is 328 g/mol.